The van der Waals surface area contributed by atoms with E-state index in [0.29, 0.717) is 16.1 Å². The average Bonchev–Trinajstić information content (AvgIpc) is 2.98. The number of carbonyl (C=O) groups is 1. The Labute approximate surface area is 134 Å². The molecule has 2 saturated heterocycles. The molecule has 2 heterocycles. The molecule has 5 nitrogen and oxygen atoms in total. The van der Waals surface area contributed by atoms with Gasteiger partial charge >= 0.3 is 6.03 Å². The maximum Gasteiger partial charge on any atom is 0.317 e. The van der Waals surface area contributed by atoms with Crippen molar-refractivity contribution in [3.8, 4) is 5.75 Å². The monoisotopic (exact) mass is 331 g/mol. The fraction of sp³-hybridized carbons (Fsp3) is 0.500. The molecule has 2 amide bonds. The molecule has 21 heavy (non-hydrogen) atoms. The first-order valence-electron chi connectivity index (χ1n) is 6.97. The molecule has 116 valence electrons. The molecule has 3 rings (SSSR count). The molecule has 3 N–H and O–H groups in total. The minimum Gasteiger partial charge on any atom is -0.508 e. The molecule has 0 aromatic heterocycles. The number of hydrogen-bond donors (Lipinski definition) is 3. The average molecular weight is 332 g/mol. The second-order valence-corrected chi connectivity index (χ2v) is 5.84. The maximum atomic E-state index is 11.4. The van der Waals surface area contributed by atoms with Crippen molar-refractivity contribution in [3.63, 3.8) is 0 Å². The van der Waals surface area contributed by atoms with Crippen LogP contribution in [0.4, 0.5) is 4.79 Å². The van der Waals surface area contributed by atoms with Crippen LogP contribution in [0.25, 0.3) is 0 Å². The molecule has 1 atom stereocenters. The highest BCUT2D eigenvalue weighted by molar-refractivity contribution is 6.42. The lowest BCUT2D eigenvalue weighted by Crippen LogP contribution is -2.51. The summed E-state index contributed by atoms with van der Waals surface area (Å²) in [5.41, 5.74) is 0. The summed E-state index contributed by atoms with van der Waals surface area (Å²) in [5, 5.41) is 15.8. The zero-order chi connectivity index (χ0) is 15.2. The van der Waals surface area contributed by atoms with E-state index in [1.807, 2.05) is 4.90 Å². The quantitative estimate of drug-likeness (QED) is 0.740. The number of hydrogen-bond acceptors (Lipinski definition) is 3. The van der Waals surface area contributed by atoms with Gasteiger partial charge in [-0.3, -0.25) is 0 Å². The molecule has 2 aliphatic rings. The van der Waals surface area contributed by atoms with Gasteiger partial charge in [0.2, 0.25) is 0 Å². The first kappa shape index (κ1) is 16.2. The molecule has 1 unspecified atom stereocenters. The van der Waals surface area contributed by atoms with Gasteiger partial charge < -0.3 is 20.6 Å². The Morgan fingerprint density at radius 1 is 1.24 bits per heavy atom. The number of nitrogens with one attached hydrogen (secondary N) is 2. The number of nitrogens with zero attached hydrogens (tertiary/aromatic N) is 1. The van der Waals surface area contributed by atoms with E-state index < -0.39 is 0 Å². The SMILES string of the molecule is O=C1NCCCN1C1CCNC1.Oc1ccc(Cl)c(Cl)c1. The third-order valence-corrected chi connectivity index (χ3v) is 4.23. The number of benzene rings is 1. The second-order valence-electron chi connectivity index (χ2n) is 5.02. The van der Waals surface area contributed by atoms with Gasteiger partial charge in [0.05, 0.1) is 10.0 Å². The Bertz CT molecular complexity index is 493. The van der Waals surface area contributed by atoms with Crippen LogP contribution < -0.4 is 10.6 Å². The van der Waals surface area contributed by atoms with Gasteiger partial charge in [0.1, 0.15) is 5.75 Å². The highest BCUT2D eigenvalue weighted by Gasteiger charge is 2.27. The van der Waals surface area contributed by atoms with Crippen molar-refractivity contribution >= 4 is 29.2 Å². The van der Waals surface area contributed by atoms with Crippen LogP contribution >= 0.6 is 23.2 Å². The third kappa shape index (κ3) is 4.66. The van der Waals surface area contributed by atoms with E-state index in [9.17, 15) is 4.79 Å². The topological polar surface area (TPSA) is 64.6 Å². The molecule has 7 heteroatoms. The van der Waals surface area contributed by atoms with E-state index in [1.54, 1.807) is 6.07 Å². The second kappa shape index (κ2) is 7.73. The minimum absolute atomic E-state index is 0.120. The van der Waals surface area contributed by atoms with Crippen LogP contribution in [0, 0.1) is 0 Å². The molecule has 0 spiro atoms. The number of phenols is 1. The molecule has 2 aliphatic heterocycles. The van der Waals surface area contributed by atoms with Crippen molar-refractivity contribution in [2.75, 3.05) is 26.2 Å². The van der Waals surface area contributed by atoms with Gasteiger partial charge in [0.25, 0.3) is 0 Å². The van der Waals surface area contributed by atoms with E-state index in [0.717, 1.165) is 39.0 Å². The van der Waals surface area contributed by atoms with Gasteiger partial charge in [-0.05, 0) is 37.6 Å². The zero-order valence-electron chi connectivity index (χ0n) is 11.6. The van der Waals surface area contributed by atoms with E-state index >= 15 is 0 Å². The van der Waals surface area contributed by atoms with E-state index in [1.165, 1.54) is 12.1 Å². The van der Waals surface area contributed by atoms with Crippen molar-refractivity contribution in [2.24, 2.45) is 0 Å². The minimum atomic E-state index is 0.120. The van der Waals surface area contributed by atoms with Gasteiger partial charge in [0, 0.05) is 25.7 Å². The first-order chi connectivity index (χ1) is 10.1. The summed E-state index contributed by atoms with van der Waals surface area (Å²) < 4.78 is 0. The van der Waals surface area contributed by atoms with Gasteiger partial charge in [-0.15, -0.1) is 0 Å². The van der Waals surface area contributed by atoms with Crippen LogP contribution in [0.1, 0.15) is 12.8 Å². The number of aromatic hydroxyl groups is 1. The number of urea groups is 1. The summed E-state index contributed by atoms with van der Waals surface area (Å²) in [6.07, 6.45) is 2.19. The lowest BCUT2D eigenvalue weighted by atomic mass is 10.2. The summed E-state index contributed by atoms with van der Waals surface area (Å²) in [6.45, 7) is 3.79. The van der Waals surface area contributed by atoms with Crippen LogP contribution in [-0.4, -0.2) is 48.3 Å². The number of carbonyl (C=O) groups excluding carboxylic acids is 1. The van der Waals surface area contributed by atoms with Crippen LogP contribution in [0.15, 0.2) is 18.2 Å². The molecule has 2 fully saturated rings. The summed E-state index contributed by atoms with van der Waals surface area (Å²) in [6, 6.07) is 4.97. The molecular weight excluding hydrogens is 313 g/mol. The normalized spacial score (nSPS) is 21.5. The van der Waals surface area contributed by atoms with Crippen LogP contribution in [0.5, 0.6) is 5.75 Å². The van der Waals surface area contributed by atoms with Gasteiger partial charge in [-0.25, -0.2) is 4.79 Å². The van der Waals surface area contributed by atoms with Crippen LogP contribution in [-0.2, 0) is 0 Å². The molecule has 0 aliphatic carbocycles. The number of amides is 2. The lowest BCUT2D eigenvalue weighted by molar-refractivity contribution is 0.166. The molecule has 1 aromatic rings. The zero-order valence-corrected chi connectivity index (χ0v) is 13.1. The predicted octanol–water partition coefficient (Wildman–Crippen LogP) is 2.46. The number of rotatable bonds is 1. The largest absolute Gasteiger partial charge is 0.508 e. The van der Waals surface area contributed by atoms with Crippen LogP contribution in [0.3, 0.4) is 0 Å². The Kier molecular flexibility index (Phi) is 5.96. The predicted molar refractivity (Wildman–Crippen MR) is 84.1 cm³/mol. The third-order valence-electron chi connectivity index (χ3n) is 3.49. The van der Waals surface area contributed by atoms with Crippen molar-refractivity contribution in [1.29, 1.82) is 0 Å². The van der Waals surface area contributed by atoms with E-state index in [4.69, 9.17) is 28.3 Å². The Morgan fingerprint density at radius 2 is 2.05 bits per heavy atom. The fourth-order valence-electron chi connectivity index (χ4n) is 2.39. The fourth-order valence-corrected chi connectivity index (χ4v) is 2.68. The van der Waals surface area contributed by atoms with Crippen LogP contribution in [0.2, 0.25) is 10.0 Å². The first-order valence-corrected chi connectivity index (χ1v) is 7.72. The summed E-state index contributed by atoms with van der Waals surface area (Å²) >= 11 is 11.1. The molecular formula is C14H19Cl2N3O2. The Morgan fingerprint density at radius 3 is 2.62 bits per heavy atom. The van der Waals surface area contributed by atoms with Crippen molar-refractivity contribution in [3.05, 3.63) is 28.2 Å². The highest BCUT2D eigenvalue weighted by atomic mass is 35.5. The number of halogens is 2. The van der Waals surface area contributed by atoms with Gasteiger partial charge in [-0.1, -0.05) is 23.2 Å². The Balaban J connectivity index is 0.000000161. The van der Waals surface area contributed by atoms with Gasteiger partial charge in [-0.2, -0.15) is 0 Å². The molecule has 0 saturated carbocycles. The van der Waals surface area contributed by atoms with Crippen molar-refractivity contribution < 1.29 is 9.90 Å². The Hall–Kier alpha value is -1.17. The molecule has 0 bridgehead atoms. The highest BCUT2D eigenvalue weighted by Crippen LogP contribution is 2.25. The van der Waals surface area contributed by atoms with Gasteiger partial charge in [0.15, 0.2) is 0 Å². The number of phenolic OH excluding ortho intramolecular Hbond substituents is 1. The van der Waals surface area contributed by atoms with Crippen molar-refractivity contribution in [1.82, 2.24) is 15.5 Å². The van der Waals surface area contributed by atoms with Crippen molar-refractivity contribution in [2.45, 2.75) is 18.9 Å². The lowest BCUT2D eigenvalue weighted by Gasteiger charge is -2.32. The summed E-state index contributed by atoms with van der Waals surface area (Å²) in [5.74, 6) is 0.129. The molecule has 1 aromatic carbocycles. The molecule has 0 radical (unpaired) electrons. The summed E-state index contributed by atoms with van der Waals surface area (Å²) in [4.78, 5) is 13.3. The smallest absolute Gasteiger partial charge is 0.317 e. The maximum absolute atomic E-state index is 11.4. The standard InChI is InChI=1S/C8H15N3O.C6H4Cl2O/c12-8-10-3-1-5-11(8)7-2-4-9-6-7;7-5-2-1-4(9)3-6(5)8/h7,9H,1-6H2,(H,10,12);1-3,9H. The van der Waals surface area contributed by atoms with E-state index in [-0.39, 0.29) is 11.8 Å². The summed E-state index contributed by atoms with van der Waals surface area (Å²) in [7, 11) is 0. The van der Waals surface area contributed by atoms with E-state index in [2.05, 4.69) is 10.6 Å².